The second-order valence-electron chi connectivity index (χ2n) is 8.79. The Kier molecular flexibility index (Phi) is 7.71. The van der Waals surface area contributed by atoms with Crippen molar-refractivity contribution in [2.75, 3.05) is 36.9 Å². The summed E-state index contributed by atoms with van der Waals surface area (Å²) >= 11 is 0.745. The summed E-state index contributed by atoms with van der Waals surface area (Å²) in [5, 5.41) is 25.9. The van der Waals surface area contributed by atoms with Crippen LogP contribution in [0.5, 0.6) is 0 Å². The first-order chi connectivity index (χ1) is 19.9. The highest BCUT2D eigenvalue weighted by Crippen LogP contribution is 2.33. The van der Waals surface area contributed by atoms with E-state index in [0.29, 0.717) is 44.5 Å². The van der Waals surface area contributed by atoms with Crippen molar-refractivity contribution in [1.29, 1.82) is 0 Å². The van der Waals surface area contributed by atoms with Crippen LogP contribution in [0.25, 0.3) is 21.7 Å². The van der Waals surface area contributed by atoms with E-state index in [9.17, 15) is 37.1 Å². The summed E-state index contributed by atoms with van der Waals surface area (Å²) < 4.78 is 59.4. The van der Waals surface area contributed by atoms with E-state index in [1.54, 1.807) is 4.90 Å². The number of pyridine rings is 1. The van der Waals surface area contributed by atoms with Gasteiger partial charge < -0.3 is 20.9 Å². The summed E-state index contributed by atoms with van der Waals surface area (Å²) in [6.07, 6.45) is -4.61. The smallest absolute Gasteiger partial charge is 0.416 e. The van der Waals surface area contributed by atoms with Gasteiger partial charge in [-0.15, -0.1) is 10.2 Å². The molecule has 1 saturated heterocycles. The van der Waals surface area contributed by atoms with Crippen LogP contribution in [0.4, 0.5) is 33.2 Å². The number of hydrogen-bond acceptors (Lipinski definition) is 10. The molecule has 0 aliphatic carbocycles. The van der Waals surface area contributed by atoms with Crippen LogP contribution in [0.2, 0.25) is 0 Å². The molecule has 1 unspecified atom stereocenters. The highest BCUT2D eigenvalue weighted by Gasteiger charge is 2.32. The molecule has 3 aromatic heterocycles. The van der Waals surface area contributed by atoms with Crippen molar-refractivity contribution in [2.24, 2.45) is 5.73 Å². The molecule has 0 radical (unpaired) electrons. The lowest BCUT2D eigenvalue weighted by atomic mass is 10.1. The molecule has 19 heteroatoms. The number of nitrogens with zero attached hydrogens (tertiary/aromatic N) is 6. The molecule has 220 valence electrons. The monoisotopic (exact) mass is 609 g/mol. The van der Waals surface area contributed by atoms with E-state index in [-0.39, 0.29) is 32.4 Å². The molecule has 0 spiro atoms. The fourth-order valence-electron chi connectivity index (χ4n) is 4.19. The first kappa shape index (κ1) is 28.8. The van der Waals surface area contributed by atoms with Crippen LogP contribution in [0, 0.1) is 5.82 Å². The van der Waals surface area contributed by atoms with Gasteiger partial charge in [-0.2, -0.15) is 18.3 Å². The average molecular weight is 610 g/mol. The molecule has 42 heavy (non-hydrogen) atoms. The fraction of sp³-hybridized carbons (Fsp3) is 0.261. The van der Waals surface area contributed by atoms with Gasteiger partial charge in [-0.05, 0) is 24.3 Å². The zero-order valence-corrected chi connectivity index (χ0v) is 21.9. The van der Waals surface area contributed by atoms with Gasteiger partial charge >= 0.3 is 18.2 Å². The molecule has 4 aromatic rings. The molecule has 0 bridgehead atoms. The van der Waals surface area contributed by atoms with Crippen LogP contribution in [-0.2, 0) is 15.7 Å². The SMILES string of the molecule is NC(=O)C(N1CCOCC1)n1ncc2c(C(=O)O)cc(-c3nnc(NC(=O)Nc4cc(C(F)(F)F)ccc4F)s3)nc21. The number of benzene rings is 1. The molecule has 5 rings (SSSR count). The number of morpholine rings is 1. The third kappa shape index (κ3) is 5.83. The van der Waals surface area contributed by atoms with E-state index in [1.165, 1.54) is 16.9 Å². The normalized spacial score (nSPS) is 15.0. The summed E-state index contributed by atoms with van der Waals surface area (Å²) in [5.41, 5.74) is 3.59. The van der Waals surface area contributed by atoms with Crippen molar-refractivity contribution >= 4 is 51.1 Å². The van der Waals surface area contributed by atoms with Gasteiger partial charge in [-0.3, -0.25) is 15.0 Å². The Bertz CT molecular complexity index is 1690. The number of aromatic nitrogens is 5. The molecule has 3 amide bonds. The summed E-state index contributed by atoms with van der Waals surface area (Å²) in [7, 11) is 0. The summed E-state index contributed by atoms with van der Waals surface area (Å²) in [6.45, 7) is 1.41. The Labute approximate surface area is 236 Å². The molecule has 1 aliphatic rings. The molecule has 1 aliphatic heterocycles. The minimum absolute atomic E-state index is 0.00160. The predicted octanol–water partition coefficient (Wildman–Crippen LogP) is 2.77. The topological polar surface area (TPSA) is 190 Å². The number of carboxylic acid groups (broad SMARTS) is 1. The van der Waals surface area contributed by atoms with Crippen molar-refractivity contribution in [3.05, 3.63) is 47.4 Å². The quantitative estimate of drug-likeness (QED) is 0.227. The number of aromatic carboxylic acids is 1. The van der Waals surface area contributed by atoms with E-state index in [0.717, 1.165) is 11.3 Å². The first-order valence-corrected chi connectivity index (χ1v) is 12.8. The maximum absolute atomic E-state index is 14.0. The van der Waals surface area contributed by atoms with Gasteiger partial charge in [0.05, 0.1) is 41.6 Å². The van der Waals surface area contributed by atoms with E-state index >= 15 is 0 Å². The number of hydrogen-bond donors (Lipinski definition) is 4. The van der Waals surface area contributed by atoms with Gasteiger partial charge in [0.1, 0.15) is 11.5 Å². The Morgan fingerprint density at radius 2 is 1.86 bits per heavy atom. The Hall–Kier alpha value is -4.75. The Morgan fingerprint density at radius 1 is 1.12 bits per heavy atom. The molecule has 4 heterocycles. The summed E-state index contributed by atoms with van der Waals surface area (Å²) in [6, 6.07) is 1.62. The number of urea groups is 1. The number of fused-ring (bicyclic) bond motifs is 1. The predicted molar refractivity (Wildman–Crippen MR) is 138 cm³/mol. The summed E-state index contributed by atoms with van der Waals surface area (Å²) in [5.74, 6) is -3.18. The van der Waals surface area contributed by atoms with Gasteiger partial charge in [0.15, 0.2) is 16.8 Å². The molecule has 1 fully saturated rings. The second-order valence-corrected chi connectivity index (χ2v) is 9.77. The number of nitrogens with one attached hydrogen (secondary N) is 2. The first-order valence-electron chi connectivity index (χ1n) is 11.9. The van der Waals surface area contributed by atoms with Crippen LogP contribution in [0.1, 0.15) is 22.1 Å². The fourth-order valence-corrected chi connectivity index (χ4v) is 4.89. The number of primary amides is 1. The lowest BCUT2D eigenvalue weighted by Crippen LogP contribution is -2.47. The zero-order chi connectivity index (χ0) is 30.2. The van der Waals surface area contributed by atoms with Crippen molar-refractivity contribution in [3.8, 4) is 10.7 Å². The van der Waals surface area contributed by atoms with Gasteiger partial charge in [0, 0.05) is 13.1 Å². The van der Waals surface area contributed by atoms with E-state index < -0.39 is 47.3 Å². The Balaban J connectivity index is 1.43. The van der Waals surface area contributed by atoms with E-state index in [4.69, 9.17) is 10.5 Å². The zero-order valence-electron chi connectivity index (χ0n) is 21.1. The van der Waals surface area contributed by atoms with Crippen LogP contribution < -0.4 is 16.4 Å². The number of amides is 3. The minimum atomic E-state index is -4.76. The minimum Gasteiger partial charge on any atom is -0.478 e. The molecule has 5 N–H and O–H groups in total. The van der Waals surface area contributed by atoms with Crippen molar-refractivity contribution in [1.82, 2.24) is 29.9 Å². The van der Waals surface area contributed by atoms with Crippen molar-refractivity contribution < 1.29 is 41.8 Å². The number of alkyl halides is 3. The van der Waals surface area contributed by atoms with Gasteiger partial charge in [-0.1, -0.05) is 11.3 Å². The number of nitrogens with two attached hydrogens (primary N) is 1. The third-order valence-corrected chi connectivity index (χ3v) is 6.94. The highest BCUT2D eigenvalue weighted by molar-refractivity contribution is 7.18. The van der Waals surface area contributed by atoms with Gasteiger partial charge in [0.25, 0.3) is 5.91 Å². The van der Waals surface area contributed by atoms with E-state index in [2.05, 4.69) is 25.6 Å². The number of ether oxygens (including phenoxy) is 1. The largest absolute Gasteiger partial charge is 0.478 e. The molecule has 14 nitrogen and oxygen atoms in total. The van der Waals surface area contributed by atoms with Crippen molar-refractivity contribution in [3.63, 3.8) is 0 Å². The number of carbonyl (C=O) groups is 3. The lowest BCUT2D eigenvalue weighted by molar-refractivity contribution is -0.137. The maximum Gasteiger partial charge on any atom is 0.416 e. The standard InChI is InChI=1S/C23H19F4N9O5S/c24-13-2-1-10(23(25,26)27)7-14(13)31-21(40)32-22-34-33-18(42-22)15-8-11(20(38)39)12-9-29-36(17(12)30-15)19(16(28)37)35-3-5-41-6-4-35/h1-2,7-9,19H,3-6H2,(H2,28,37)(H,38,39)(H2,31,32,34,40). The van der Waals surface area contributed by atoms with Crippen LogP contribution in [0.3, 0.4) is 0 Å². The second kappa shape index (κ2) is 11.3. The van der Waals surface area contributed by atoms with Crippen LogP contribution in [0.15, 0.2) is 30.5 Å². The van der Waals surface area contributed by atoms with Crippen LogP contribution >= 0.6 is 11.3 Å². The number of anilines is 2. The van der Waals surface area contributed by atoms with Gasteiger partial charge in [0.2, 0.25) is 5.13 Å². The molecule has 1 aromatic carbocycles. The number of carboxylic acids is 1. The van der Waals surface area contributed by atoms with Crippen molar-refractivity contribution in [2.45, 2.75) is 12.3 Å². The lowest BCUT2D eigenvalue weighted by Gasteiger charge is -2.32. The maximum atomic E-state index is 14.0. The van der Waals surface area contributed by atoms with Crippen LogP contribution in [-0.4, -0.2) is 79.2 Å². The number of halogens is 4. The molecular formula is C23H19F4N9O5S. The third-order valence-electron chi connectivity index (χ3n) is 6.08. The molecule has 0 saturated carbocycles. The molecule has 1 atom stereocenters. The van der Waals surface area contributed by atoms with E-state index in [1.807, 2.05) is 5.32 Å². The highest BCUT2D eigenvalue weighted by atomic mass is 32.1. The average Bonchev–Trinajstić information content (AvgIpc) is 3.56. The molecular weight excluding hydrogens is 590 g/mol. The van der Waals surface area contributed by atoms with Gasteiger partial charge in [-0.25, -0.2) is 23.6 Å². The number of rotatable bonds is 7. The Morgan fingerprint density at radius 3 is 2.52 bits per heavy atom. The number of carbonyl (C=O) groups excluding carboxylic acids is 2. The summed E-state index contributed by atoms with van der Waals surface area (Å²) in [4.78, 5) is 43.0.